The van der Waals surface area contributed by atoms with Gasteiger partial charge in [0.15, 0.2) is 10.9 Å². The van der Waals surface area contributed by atoms with Crippen molar-refractivity contribution in [3.63, 3.8) is 0 Å². The first-order valence-electron chi connectivity index (χ1n) is 7.91. The molecule has 0 aliphatic heterocycles. The Morgan fingerprint density at radius 3 is 2.54 bits per heavy atom. The van der Waals surface area contributed by atoms with Crippen molar-refractivity contribution in [3.05, 3.63) is 65.7 Å². The van der Waals surface area contributed by atoms with Crippen LogP contribution in [0.1, 0.15) is 28.7 Å². The Labute approximate surface area is 146 Å². The maximum Gasteiger partial charge on any atom is 0.177 e. The minimum Gasteiger partial charge on any atom is -0.329 e. The Morgan fingerprint density at radius 1 is 1.21 bits per heavy atom. The van der Waals surface area contributed by atoms with Crippen LogP contribution < -0.4 is 0 Å². The van der Waals surface area contributed by atoms with E-state index in [0.717, 1.165) is 27.8 Å². The minimum absolute atomic E-state index is 0.137. The molecule has 2 heterocycles. The number of aryl methyl sites for hydroxylation is 2. The number of rotatable bonds is 5. The van der Waals surface area contributed by atoms with Gasteiger partial charge in [-0.3, -0.25) is 4.79 Å². The highest BCUT2D eigenvalue weighted by molar-refractivity contribution is 8.00. The quantitative estimate of drug-likeness (QED) is 0.517. The van der Waals surface area contributed by atoms with E-state index in [1.807, 2.05) is 62.8 Å². The summed E-state index contributed by atoms with van der Waals surface area (Å²) in [6, 6.07) is 12.1. The van der Waals surface area contributed by atoms with E-state index >= 15 is 0 Å². The summed E-state index contributed by atoms with van der Waals surface area (Å²) in [5.74, 6) is 0.137. The second-order valence-electron chi connectivity index (χ2n) is 5.90. The number of carbonyl (C=O) groups is 1. The fraction of sp³-hybridized carbons (Fsp3) is 0.263. The molecule has 24 heavy (non-hydrogen) atoms. The third kappa shape index (κ3) is 3.04. The predicted molar refractivity (Wildman–Crippen MR) is 98.1 cm³/mol. The first-order chi connectivity index (χ1) is 11.5. The lowest BCUT2D eigenvalue weighted by Gasteiger charge is -2.12. The molecule has 1 aromatic carbocycles. The standard InChI is InChI=1S/C19H21N3OS/c1-13-12-17(14(2)22(13)16-8-6-5-7-9-16)18(23)15(3)24-19-20-10-11-21(19)4/h5-12,15H,1-4H3/t15-/m1/s1. The number of thioether (sulfide) groups is 1. The fourth-order valence-corrected chi connectivity index (χ4v) is 3.78. The highest BCUT2D eigenvalue weighted by Gasteiger charge is 2.23. The first kappa shape index (κ1) is 16.6. The number of para-hydroxylation sites is 1. The SMILES string of the molecule is Cc1cc(C(=O)[C@@H](C)Sc2nccn2C)c(C)n1-c1ccccc1. The number of imidazole rings is 1. The molecule has 124 valence electrons. The molecule has 4 nitrogen and oxygen atoms in total. The number of nitrogens with zero attached hydrogens (tertiary/aromatic N) is 3. The van der Waals surface area contributed by atoms with Gasteiger partial charge in [0.1, 0.15) is 0 Å². The van der Waals surface area contributed by atoms with Crippen LogP contribution in [-0.4, -0.2) is 25.2 Å². The zero-order chi connectivity index (χ0) is 17.3. The van der Waals surface area contributed by atoms with E-state index in [2.05, 4.69) is 21.7 Å². The Hall–Kier alpha value is -2.27. The third-order valence-electron chi connectivity index (χ3n) is 4.14. The van der Waals surface area contributed by atoms with Gasteiger partial charge in [-0.05, 0) is 39.0 Å². The van der Waals surface area contributed by atoms with Crippen molar-refractivity contribution in [1.82, 2.24) is 14.1 Å². The summed E-state index contributed by atoms with van der Waals surface area (Å²) < 4.78 is 4.06. The molecule has 0 saturated carbocycles. The molecule has 3 aromatic rings. The lowest BCUT2D eigenvalue weighted by Crippen LogP contribution is -2.15. The Morgan fingerprint density at radius 2 is 1.92 bits per heavy atom. The summed E-state index contributed by atoms with van der Waals surface area (Å²) in [4.78, 5) is 17.2. The van der Waals surface area contributed by atoms with Gasteiger partial charge in [-0.25, -0.2) is 4.98 Å². The summed E-state index contributed by atoms with van der Waals surface area (Å²) in [5.41, 5.74) is 3.91. The van der Waals surface area contributed by atoms with Crippen LogP contribution in [0.15, 0.2) is 53.9 Å². The average Bonchev–Trinajstić information content (AvgIpc) is 3.10. The number of ketones is 1. The molecule has 0 spiro atoms. The van der Waals surface area contributed by atoms with E-state index in [0.29, 0.717) is 0 Å². The van der Waals surface area contributed by atoms with Crippen molar-refractivity contribution in [3.8, 4) is 5.69 Å². The molecule has 0 amide bonds. The van der Waals surface area contributed by atoms with E-state index in [4.69, 9.17) is 0 Å². The zero-order valence-electron chi connectivity index (χ0n) is 14.4. The molecule has 0 aliphatic carbocycles. The van der Waals surface area contributed by atoms with Gasteiger partial charge in [-0.1, -0.05) is 30.0 Å². The van der Waals surface area contributed by atoms with E-state index < -0.39 is 0 Å². The highest BCUT2D eigenvalue weighted by Crippen LogP contribution is 2.27. The van der Waals surface area contributed by atoms with Crippen LogP contribution in [0, 0.1) is 13.8 Å². The molecule has 0 bridgehead atoms. The molecule has 0 fully saturated rings. The average molecular weight is 339 g/mol. The summed E-state index contributed by atoms with van der Waals surface area (Å²) in [6.07, 6.45) is 3.64. The van der Waals surface area contributed by atoms with Gasteiger partial charge in [0.2, 0.25) is 0 Å². The predicted octanol–water partition coefficient (Wildman–Crippen LogP) is 4.19. The summed E-state index contributed by atoms with van der Waals surface area (Å²) in [5, 5.41) is 0.670. The molecular weight excluding hydrogens is 318 g/mol. The van der Waals surface area contributed by atoms with Gasteiger partial charge in [0, 0.05) is 42.1 Å². The second kappa shape index (κ2) is 6.69. The van der Waals surface area contributed by atoms with Crippen LogP contribution in [-0.2, 0) is 7.05 Å². The smallest absolute Gasteiger partial charge is 0.177 e. The lowest BCUT2D eigenvalue weighted by molar-refractivity contribution is 0.0993. The van der Waals surface area contributed by atoms with Crippen molar-refractivity contribution in [2.75, 3.05) is 0 Å². The van der Waals surface area contributed by atoms with Gasteiger partial charge < -0.3 is 9.13 Å². The third-order valence-corrected chi connectivity index (χ3v) is 5.31. The lowest BCUT2D eigenvalue weighted by atomic mass is 10.1. The minimum atomic E-state index is -0.184. The molecule has 1 atom stereocenters. The van der Waals surface area contributed by atoms with Crippen LogP contribution >= 0.6 is 11.8 Å². The Kier molecular flexibility index (Phi) is 4.62. The normalized spacial score (nSPS) is 12.3. The van der Waals surface area contributed by atoms with Gasteiger partial charge in [0.05, 0.1) is 5.25 Å². The van der Waals surface area contributed by atoms with E-state index in [9.17, 15) is 4.79 Å². The molecule has 0 N–H and O–H groups in total. The van der Waals surface area contributed by atoms with Crippen molar-refractivity contribution in [2.45, 2.75) is 31.2 Å². The molecule has 0 unspecified atom stereocenters. The molecule has 3 rings (SSSR count). The maximum atomic E-state index is 12.9. The highest BCUT2D eigenvalue weighted by atomic mass is 32.2. The topological polar surface area (TPSA) is 39.8 Å². The van der Waals surface area contributed by atoms with Crippen LogP contribution in [0.4, 0.5) is 0 Å². The summed E-state index contributed by atoms with van der Waals surface area (Å²) in [7, 11) is 1.94. The molecule has 0 aliphatic rings. The zero-order valence-corrected chi connectivity index (χ0v) is 15.2. The van der Waals surface area contributed by atoms with Crippen LogP contribution in [0.25, 0.3) is 5.69 Å². The monoisotopic (exact) mass is 339 g/mol. The van der Waals surface area contributed by atoms with Gasteiger partial charge in [-0.15, -0.1) is 0 Å². The molecule has 2 aromatic heterocycles. The number of benzene rings is 1. The van der Waals surface area contributed by atoms with Crippen molar-refractivity contribution in [1.29, 1.82) is 0 Å². The molecule has 0 saturated heterocycles. The number of Topliss-reactive ketones (excluding diaryl/α,β-unsaturated/α-hetero) is 1. The maximum absolute atomic E-state index is 12.9. The van der Waals surface area contributed by atoms with Crippen LogP contribution in [0.5, 0.6) is 0 Å². The Balaban J connectivity index is 1.90. The molecule has 0 radical (unpaired) electrons. The van der Waals surface area contributed by atoms with Crippen molar-refractivity contribution < 1.29 is 4.79 Å². The van der Waals surface area contributed by atoms with Gasteiger partial charge in [-0.2, -0.15) is 0 Å². The summed E-state index contributed by atoms with van der Waals surface area (Å²) in [6.45, 7) is 5.98. The van der Waals surface area contributed by atoms with Gasteiger partial charge in [0.25, 0.3) is 0 Å². The number of aromatic nitrogens is 3. The van der Waals surface area contributed by atoms with E-state index in [1.165, 1.54) is 11.8 Å². The first-order valence-corrected chi connectivity index (χ1v) is 8.79. The van der Waals surface area contributed by atoms with E-state index in [1.54, 1.807) is 6.20 Å². The number of hydrogen-bond donors (Lipinski definition) is 0. The molecule has 5 heteroatoms. The largest absolute Gasteiger partial charge is 0.329 e. The fourth-order valence-electron chi connectivity index (χ4n) is 2.88. The second-order valence-corrected chi connectivity index (χ2v) is 7.21. The Bertz CT molecular complexity index is 864. The van der Waals surface area contributed by atoms with Crippen molar-refractivity contribution >= 4 is 17.5 Å². The number of hydrogen-bond acceptors (Lipinski definition) is 3. The number of carbonyl (C=O) groups excluding carboxylic acids is 1. The van der Waals surface area contributed by atoms with Crippen molar-refractivity contribution in [2.24, 2.45) is 7.05 Å². The summed E-state index contributed by atoms with van der Waals surface area (Å²) >= 11 is 1.49. The van der Waals surface area contributed by atoms with E-state index in [-0.39, 0.29) is 11.0 Å². The van der Waals surface area contributed by atoms with Crippen LogP contribution in [0.2, 0.25) is 0 Å². The van der Waals surface area contributed by atoms with Crippen LogP contribution in [0.3, 0.4) is 0 Å². The molecular formula is C19H21N3OS. The van der Waals surface area contributed by atoms with Gasteiger partial charge >= 0.3 is 0 Å².